The molecule has 2 amide bonds. The molecule has 1 fully saturated rings. The number of amides is 2. The topological polar surface area (TPSA) is 73.2 Å². The normalized spacial score (nSPS) is 18.0. The highest BCUT2D eigenvalue weighted by atomic mass is 79.9. The molecule has 5 nitrogen and oxygen atoms in total. The molecule has 1 unspecified atom stereocenters. The van der Waals surface area contributed by atoms with E-state index < -0.39 is 11.2 Å². The van der Waals surface area contributed by atoms with E-state index in [4.69, 9.17) is 0 Å². The van der Waals surface area contributed by atoms with Gasteiger partial charge in [0.05, 0.1) is 5.25 Å². The van der Waals surface area contributed by atoms with Crippen LogP contribution in [0.25, 0.3) is 0 Å². The first-order chi connectivity index (χ1) is 13.5. The average Bonchev–Trinajstić information content (AvgIpc) is 3.01. The molecule has 0 aliphatic carbocycles. The summed E-state index contributed by atoms with van der Waals surface area (Å²) in [5, 5.41) is 12.0. The molecule has 28 heavy (non-hydrogen) atoms. The Hall–Kier alpha value is -2.56. The number of hydrogen-bond acceptors (Lipinski definition) is 4. The van der Waals surface area contributed by atoms with Crippen LogP contribution >= 0.6 is 27.7 Å². The Morgan fingerprint density at radius 3 is 2.54 bits per heavy atom. The molecule has 1 N–H and O–H groups in total. The Morgan fingerprint density at radius 2 is 1.93 bits per heavy atom. The van der Waals surface area contributed by atoms with Crippen LogP contribution in [0.5, 0.6) is 0 Å². The second-order valence-electron chi connectivity index (χ2n) is 6.26. The van der Waals surface area contributed by atoms with Crippen molar-refractivity contribution in [3.63, 3.8) is 0 Å². The maximum absolute atomic E-state index is 13.3. The molecule has 0 radical (unpaired) electrons. The molecule has 0 spiro atoms. The highest BCUT2D eigenvalue weighted by Crippen LogP contribution is 2.42. The van der Waals surface area contributed by atoms with Crippen molar-refractivity contribution in [3.8, 4) is 6.07 Å². The number of likely N-dealkylation sites (N-methyl/N-ethyl adjacent to an activating group) is 1. The van der Waals surface area contributed by atoms with Crippen molar-refractivity contribution in [2.75, 3.05) is 11.9 Å². The first kappa shape index (κ1) is 20.2. The van der Waals surface area contributed by atoms with Gasteiger partial charge in [-0.1, -0.05) is 52.0 Å². The quantitative estimate of drug-likeness (QED) is 0.559. The number of nitrogens with zero attached hydrogens (tertiary/aromatic N) is 2. The zero-order valence-electron chi connectivity index (χ0n) is 15.4. The predicted octanol–water partition coefficient (Wildman–Crippen LogP) is 3.93. The minimum atomic E-state index is -0.503. The third kappa shape index (κ3) is 3.98. The van der Waals surface area contributed by atoms with E-state index in [1.165, 1.54) is 23.7 Å². The van der Waals surface area contributed by atoms with Crippen molar-refractivity contribution in [2.45, 2.75) is 18.6 Å². The molecular formula is C21H18BrN3O2S. The molecule has 7 heteroatoms. The molecule has 2 aromatic rings. The third-order valence-electron chi connectivity index (χ3n) is 4.48. The summed E-state index contributed by atoms with van der Waals surface area (Å²) in [5.74, 6) is -0.640. The standard InChI is InChI=1S/C21H18BrN3O2S/c1-13-5-3-4-6-14(13)11-18-20(27)25(16-9-7-15(22)8-10-16)21(28-18)17(12-23)19(26)24-2/h3-10,18H,11H2,1-2H3,(H,24,26)/b21-17-. The number of thioether (sulfide) groups is 1. The number of hydrogen-bond donors (Lipinski definition) is 1. The lowest BCUT2D eigenvalue weighted by Gasteiger charge is -2.18. The largest absolute Gasteiger partial charge is 0.354 e. The number of rotatable bonds is 4. The van der Waals surface area contributed by atoms with Crippen LogP contribution in [0.1, 0.15) is 11.1 Å². The van der Waals surface area contributed by atoms with Crippen LogP contribution in [0.15, 0.2) is 63.6 Å². The summed E-state index contributed by atoms with van der Waals surface area (Å²) in [6, 6.07) is 17.1. The summed E-state index contributed by atoms with van der Waals surface area (Å²) in [4.78, 5) is 27.0. The Kier molecular flexibility index (Phi) is 6.22. The minimum absolute atomic E-state index is 0.0592. The van der Waals surface area contributed by atoms with E-state index in [1.54, 1.807) is 12.1 Å². The second-order valence-corrected chi connectivity index (χ2v) is 8.37. The molecule has 1 atom stereocenters. The van der Waals surface area contributed by atoms with Crippen molar-refractivity contribution in [3.05, 3.63) is 74.7 Å². The van der Waals surface area contributed by atoms with Crippen LogP contribution < -0.4 is 10.2 Å². The smallest absolute Gasteiger partial charge is 0.264 e. The van der Waals surface area contributed by atoms with E-state index in [0.717, 1.165) is 15.6 Å². The molecule has 0 saturated carbocycles. The Bertz CT molecular complexity index is 995. The van der Waals surface area contributed by atoms with Crippen LogP contribution in [-0.2, 0) is 16.0 Å². The van der Waals surface area contributed by atoms with Gasteiger partial charge in [0.15, 0.2) is 0 Å². The predicted molar refractivity (Wildman–Crippen MR) is 115 cm³/mol. The molecule has 2 aromatic carbocycles. The maximum Gasteiger partial charge on any atom is 0.264 e. The first-order valence-corrected chi connectivity index (χ1v) is 10.3. The molecule has 1 aliphatic heterocycles. The fourth-order valence-electron chi connectivity index (χ4n) is 2.98. The fourth-order valence-corrected chi connectivity index (χ4v) is 4.54. The number of nitrogens with one attached hydrogen (secondary N) is 1. The van der Waals surface area contributed by atoms with E-state index >= 15 is 0 Å². The van der Waals surface area contributed by atoms with Crippen molar-refractivity contribution in [2.24, 2.45) is 0 Å². The van der Waals surface area contributed by atoms with E-state index in [1.807, 2.05) is 49.4 Å². The van der Waals surface area contributed by atoms with Crippen molar-refractivity contribution in [1.82, 2.24) is 5.32 Å². The molecule has 1 aliphatic rings. The van der Waals surface area contributed by atoms with Crippen LogP contribution in [0.4, 0.5) is 5.69 Å². The van der Waals surface area contributed by atoms with Crippen molar-refractivity contribution < 1.29 is 9.59 Å². The van der Waals surface area contributed by atoms with Crippen molar-refractivity contribution >= 4 is 45.2 Å². The Balaban J connectivity index is 2.06. The van der Waals surface area contributed by atoms with E-state index in [2.05, 4.69) is 21.2 Å². The van der Waals surface area contributed by atoms with Gasteiger partial charge in [-0.25, -0.2) is 0 Å². The minimum Gasteiger partial charge on any atom is -0.354 e. The number of carbonyl (C=O) groups is 2. The van der Waals surface area contributed by atoms with Gasteiger partial charge < -0.3 is 5.32 Å². The highest BCUT2D eigenvalue weighted by molar-refractivity contribution is 9.10. The molecule has 0 bridgehead atoms. The average molecular weight is 456 g/mol. The van der Waals surface area contributed by atoms with Gasteiger partial charge in [-0.15, -0.1) is 0 Å². The molecule has 1 heterocycles. The molecule has 142 valence electrons. The van der Waals surface area contributed by atoms with E-state index in [-0.39, 0.29) is 11.5 Å². The number of halogens is 1. The lowest BCUT2D eigenvalue weighted by atomic mass is 10.0. The molecule has 1 saturated heterocycles. The molecule has 0 aromatic heterocycles. The van der Waals surface area contributed by atoms with Gasteiger partial charge in [0.2, 0.25) is 5.91 Å². The Morgan fingerprint density at radius 1 is 1.25 bits per heavy atom. The van der Waals surface area contributed by atoms with Crippen LogP contribution in [0, 0.1) is 18.3 Å². The molecular weight excluding hydrogens is 438 g/mol. The number of aryl methyl sites for hydroxylation is 1. The zero-order valence-corrected chi connectivity index (χ0v) is 17.8. The third-order valence-corrected chi connectivity index (χ3v) is 6.28. The number of carbonyl (C=O) groups excluding carboxylic acids is 2. The van der Waals surface area contributed by atoms with Gasteiger partial charge >= 0.3 is 0 Å². The summed E-state index contributed by atoms with van der Waals surface area (Å²) >= 11 is 4.66. The summed E-state index contributed by atoms with van der Waals surface area (Å²) in [6.07, 6.45) is 0.527. The summed E-state index contributed by atoms with van der Waals surface area (Å²) < 4.78 is 0.879. The lowest BCUT2D eigenvalue weighted by Crippen LogP contribution is -2.31. The van der Waals surface area contributed by atoms with Gasteiger partial charge in [0.25, 0.3) is 5.91 Å². The summed E-state index contributed by atoms with van der Waals surface area (Å²) in [7, 11) is 1.47. The summed E-state index contributed by atoms with van der Waals surface area (Å²) in [6.45, 7) is 2.01. The van der Waals surface area contributed by atoms with Crippen molar-refractivity contribution in [1.29, 1.82) is 5.26 Å². The van der Waals surface area contributed by atoms with Gasteiger partial charge in [0, 0.05) is 17.2 Å². The van der Waals surface area contributed by atoms with Crippen LogP contribution in [0.2, 0.25) is 0 Å². The first-order valence-electron chi connectivity index (χ1n) is 8.63. The zero-order chi connectivity index (χ0) is 20.3. The molecule has 3 rings (SSSR count). The maximum atomic E-state index is 13.3. The summed E-state index contributed by atoms with van der Waals surface area (Å²) in [5.41, 5.74) is 2.75. The van der Waals surface area contributed by atoms with Gasteiger partial charge in [-0.05, 0) is 48.7 Å². The lowest BCUT2D eigenvalue weighted by molar-refractivity contribution is -0.117. The van der Waals surface area contributed by atoms with Gasteiger partial charge in [-0.3, -0.25) is 14.5 Å². The van der Waals surface area contributed by atoms with Crippen LogP contribution in [0.3, 0.4) is 0 Å². The Labute approximate surface area is 176 Å². The highest BCUT2D eigenvalue weighted by Gasteiger charge is 2.40. The monoisotopic (exact) mass is 455 g/mol. The van der Waals surface area contributed by atoms with Gasteiger partial charge in [-0.2, -0.15) is 5.26 Å². The second kappa shape index (κ2) is 8.63. The fraction of sp³-hybridized carbons (Fsp3) is 0.190. The number of nitriles is 1. The number of benzene rings is 2. The van der Waals surface area contributed by atoms with Gasteiger partial charge in [0.1, 0.15) is 16.7 Å². The number of anilines is 1. The SMILES string of the molecule is CNC(=O)/C(C#N)=C1\SC(Cc2ccccc2C)C(=O)N1c1ccc(Br)cc1. The van der Waals surface area contributed by atoms with E-state index in [9.17, 15) is 14.9 Å². The van der Waals surface area contributed by atoms with E-state index in [0.29, 0.717) is 17.1 Å². The van der Waals surface area contributed by atoms with Crippen LogP contribution in [-0.4, -0.2) is 24.1 Å².